The van der Waals surface area contributed by atoms with Crippen LogP contribution in [0.5, 0.6) is 0 Å². The highest BCUT2D eigenvalue weighted by atomic mass is 32.1. The van der Waals surface area contributed by atoms with E-state index in [0.29, 0.717) is 5.13 Å². The molecule has 1 amide bonds. The smallest absolute Gasteiger partial charge is 0.246 e. The molecule has 7 heteroatoms. The van der Waals surface area contributed by atoms with Gasteiger partial charge in [0.1, 0.15) is 12.4 Å². The van der Waals surface area contributed by atoms with E-state index in [9.17, 15) is 14.0 Å². The zero-order valence-corrected chi connectivity index (χ0v) is 15.8. The Bertz CT molecular complexity index is 1230. The van der Waals surface area contributed by atoms with E-state index in [1.165, 1.54) is 40.3 Å². The highest BCUT2D eigenvalue weighted by molar-refractivity contribution is 7.16. The number of amides is 1. The Labute approximate surface area is 164 Å². The number of thiazole rings is 1. The number of pyridine rings is 1. The lowest BCUT2D eigenvalue weighted by molar-refractivity contribution is -0.116. The summed E-state index contributed by atoms with van der Waals surface area (Å²) in [6.07, 6.45) is 1.43. The minimum atomic E-state index is -0.542. The van der Waals surface area contributed by atoms with Crippen molar-refractivity contribution in [2.45, 2.75) is 13.5 Å². The number of hydrogen-bond acceptors (Lipinski definition) is 4. The van der Waals surface area contributed by atoms with Crippen molar-refractivity contribution in [1.82, 2.24) is 9.55 Å². The zero-order valence-electron chi connectivity index (χ0n) is 15.0. The number of halogens is 1. The molecule has 4 aromatic rings. The first kappa shape index (κ1) is 18.1. The molecule has 28 heavy (non-hydrogen) atoms. The number of benzene rings is 2. The maximum absolute atomic E-state index is 14.2. The standard InChI is InChI=1S/C21H16FN3O2S/c1-13-19(14-6-3-2-4-7-14)24-21(28-13)23-18(27)12-25-11-10-17(26)15-8-5-9-16(22)20(15)25/h2-11H,12H2,1H3,(H,23,24,27). The first-order valence-electron chi connectivity index (χ1n) is 8.63. The number of rotatable bonds is 4. The number of anilines is 1. The molecule has 140 valence electrons. The molecule has 0 saturated heterocycles. The fourth-order valence-corrected chi connectivity index (χ4v) is 3.94. The van der Waals surface area contributed by atoms with Gasteiger partial charge >= 0.3 is 0 Å². The number of nitrogens with zero attached hydrogens (tertiary/aromatic N) is 2. The van der Waals surface area contributed by atoms with Gasteiger partial charge in [0, 0.05) is 28.1 Å². The lowest BCUT2D eigenvalue weighted by Gasteiger charge is -2.10. The highest BCUT2D eigenvalue weighted by Gasteiger charge is 2.14. The van der Waals surface area contributed by atoms with Gasteiger partial charge in [0.25, 0.3) is 0 Å². The van der Waals surface area contributed by atoms with Crippen LogP contribution in [0.2, 0.25) is 0 Å². The number of hydrogen-bond donors (Lipinski definition) is 1. The van der Waals surface area contributed by atoms with Crippen LogP contribution in [-0.4, -0.2) is 15.5 Å². The molecular formula is C21H16FN3O2S. The van der Waals surface area contributed by atoms with Crippen molar-refractivity contribution in [3.63, 3.8) is 0 Å². The number of nitrogens with one attached hydrogen (secondary N) is 1. The van der Waals surface area contributed by atoms with Crippen molar-refractivity contribution in [2.75, 3.05) is 5.32 Å². The van der Waals surface area contributed by atoms with Gasteiger partial charge in [0.15, 0.2) is 10.6 Å². The first-order valence-corrected chi connectivity index (χ1v) is 9.45. The third-order valence-electron chi connectivity index (χ3n) is 4.35. The Morgan fingerprint density at radius 2 is 1.93 bits per heavy atom. The van der Waals surface area contributed by atoms with Gasteiger partial charge in [-0.15, -0.1) is 11.3 Å². The Balaban J connectivity index is 1.59. The van der Waals surface area contributed by atoms with Crippen LogP contribution in [0.3, 0.4) is 0 Å². The number of carbonyl (C=O) groups excluding carboxylic acids is 1. The van der Waals surface area contributed by atoms with E-state index in [1.54, 1.807) is 6.07 Å². The van der Waals surface area contributed by atoms with E-state index in [0.717, 1.165) is 16.1 Å². The summed E-state index contributed by atoms with van der Waals surface area (Å²) >= 11 is 1.38. The van der Waals surface area contributed by atoms with Gasteiger partial charge < -0.3 is 9.88 Å². The van der Waals surface area contributed by atoms with Crippen molar-refractivity contribution in [3.8, 4) is 11.3 Å². The Morgan fingerprint density at radius 1 is 1.14 bits per heavy atom. The van der Waals surface area contributed by atoms with Crippen molar-refractivity contribution in [1.29, 1.82) is 0 Å². The number of aromatic nitrogens is 2. The van der Waals surface area contributed by atoms with Gasteiger partial charge in [-0.1, -0.05) is 36.4 Å². The molecule has 0 spiro atoms. The van der Waals surface area contributed by atoms with Gasteiger partial charge in [0.2, 0.25) is 5.91 Å². The SMILES string of the molecule is Cc1sc(NC(=O)Cn2ccc(=O)c3cccc(F)c32)nc1-c1ccccc1. The monoisotopic (exact) mass is 393 g/mol. The summed E-state index contributed by atoms with van der Waals surface area (Å²) in [5, 5.41) is 3.49. The molecule has 0 aliphatic heterocycles. The molecular weight excluding hydrogens is 377 g/mol. The van der Waals surface area contributed by atoms with Crippen LogP contribution >= 0.6 is 11.3 Å². The second kappa shape index (κ2) is 7.36. The maximum Gasteiger partial charge on any atom is 0.246 e. The van der Waals surface area contributed by atoms with Gasteiger partial charge in [-0.2, -0.15) is 0 Å². The molecule has 2 aromatic heterocycles. The topological polar surface area (TPSA) is 64.0 Å². The molecule has 0 aliphatic rings. The zero-order chi connectivity index (χ0) is 19.7. The average Bonchev–Trinajstić information content (AvgIpc) is 3.05. The fourth-order valence-electron chi connectivity index (χ4n) is 3.09. The fraction of sp³-hybridized carbons (Fsp3) is 0.0952. The summed E-state index contributed by atoms with van der Waals surface area (Å²) in [5.41, 5.74) is 1.63. The van der Waals surface area contributed by atoms with Gasteiger partial charge in [-0.3, -0.25) is 9.59 Å². The predicted octanol–water partition coefficient (Wildman–Crippen LogP) is 4.21. The molecule has 0 aliphatic carbocycles. The van der Waals surface area contributed by atoms with E-state index in [2.05, 4.69) is 10.3 Å². The molecule has 0 atom stereocenters. The van der Waals surface area contributed by atoms with Crippen LogP contribution in [0, 0.1) is 12.7 Å². The summed E-state index contributed by atoms with van der Waals surface area (Å²) in [4.78, 5) is 30.0. The average molecular weight is 393 g/mol. The minimum absolute atomic E-state index is 0.116. The summed E-state index contributed by atoms with van der Waals surface area (Å²) in [5.74, 6) is -0.888. The van der Waals surface area contributed by atoms with Crippen LogP contribution in [0.1, 0.15) is 4.88 Å². The molecule has 1 N–H and O–H groups in total. The van der Waals surface area contributed by atoms with E-state index < -0.39 is 5.82 Å². The maximum atomic E-state index is 14.2. The second-order valence-corrected chi connectivity index (χ2v) is 7.49. The molecule has 0 saturated carbocycles. The molecule has 2 aromatic carbocycles. The van der Waals surface area contributed by atoms with Crippen molar-refractivity contribution in [2.24, 2.45) is 0 Å². The lowest BCUT2D eigenvalue weighted by Crippen LogP contribution is -2.20. The number of aryl methyl sites for hydroxylation is 1. The van der Waals surface area contributed by atoms with Crippen molar-refractivity contribution in [3.05, 3.63) is 81.7 Å². The first-order chi connectivity index (χ1) is 13.5. The van der Waals surface area contributed by atoms with E-state index in [4.69, 9.17) is 0 Å². The van der Waals surface area contributed by atoms with Gasteiger partial charge in [-0.05, 0) is 19.1 Å². The third-order valence-corrected chi connectivity index (χ3v) is 5.24. The van der Waals surface area contributed by atoms with E-state index >= 15 is 0 Å². The number of para-hydroxylation sites is 1. The quantitative estimate of drug-likeness (QED) is 0.565. The normalized spacial score (nSPS) is 10.9. The summed E-state index contributed by atoms with van der Waals surface area (Å²) in [6.45, 7) is 1.82. The van der Waals surface area contributed by atoms with Crippen LogP contribution in [-0.2, 0) is 11.3 Å². The van der Waals surface area contributed by atoms with Crippen molar-refractivity contribution < 1.29 is 9.18 Å². The molecule has 0 unspecified atom stereocenters. The third kappa shape index (κ3) is 3.44. The number of carbonyl (C=O) groups is 1. The Kier molecular flexibility index (Phi) is 4.75. The Hall–Kier alpha value is -3.32. The summed E-state index contributed by atoms with van der Waals surface area (Å²) < 4.78 is 15.7. The molecule has 0 radical (unpaired) electrons. The second-order valence-electron chi connectivity index (χ2n) is 6.28. The Morgan fingerprint density at radius 3 is 2.71 bits per heavy atom. The van der Waals surface area contributed by atoms with Gasteiger partial charge in [-0.25, -0.2) is 9.37 Å². The van der Waals surface area contributed by atoms with Crippen LogP contribution in [0.25, 0.3) is 22.2 Å². The molecule has 5 nitrogen and oxygen atoms in total. The van der Waals surface area contributed by atoms with Crippen molar-refractivity contribution >= 4 is 33.3 Å². The van der Waals surface area contributed by atoms with Crippen LogP contribution in [0.15, 0.2) is 65.6 Å². The predicted molar refractivity (Wildman–Crippen MR) is 109 cm³/mol. The largest absolute Gasteiger partial charge is 0.335 e. The van der Waals surface area contributed by atoms with Gasteiger partial charge in [0.05, 0.1) is 11.2 Å². The van der Waals surface area contributed by atoms with E-state index in [-0.39, 0.29) is 28.8 Å². The van der Waals surface area contributed by atoms with Crippen LogP contribution < -0.4 is 10.7 Å². The van der Waals surface area contributed by atoms with Crippen LogP contribution in [0.4, 0.5) is 9.52 Å². The summed E-state index contributed by atoms with van der Waals surface area (Å²) in [6, 6.07) is 15.3. The highest BCUT2D eigenvalue weighted by Crippen LogP contribution is 2.30. The molecule has 4 rings (SSSR count). The summed E-state index contributed by atoms with van der Waals surface area (Å²) in [7, 11) is 0. The molecule has 0 bridgehead atoms. The minimum Gasteiger partial charge on any atom is -0.335 e. The molecule has 2 heterocycles. The molecule has 0 fully saturated rings. The van der Waals surface area contributed by atoms with E-state index in [1.807, 2.05) is 37.3 Å². The number of fused-ring (bicyclic) bond motifs is 1. The lowest BCUT2D eigenvalue weighted by atomic mass is 10.1.